The Balaban J connectivity index is 2.27. The van der Waals surface area contributed by atoms with Gasteiger partial charge in [-0.25, -0.2) is 0 Å². The molecule has 0 aromatic heterocycles. The molecule has 2 heteroatoms. The van der Waals surface area contributed by atoms with Crippen molar-refractivity contribution >= 4 is 0 Å². The van der Waals surface area contributed by atoms with E-state index in [0.717, 1.165) is 12.2 Å². The molecule has 2 nitrogen and oxygen atoms in total. The Bertz CT molecular complexity index is 333. The van der Waals surface area contributed by atoms with Crippen LogP contribution in [0.25, 0.3) is 0 Å². The molecule has 0 heterocycles. The SMILES string of the molecule is CCO[C@H]1c2cc(CO)ccc2[C@@H]1C. The van der Waals surface area contributed by atoms with Crippen LogP contribution in [0.15, 0.2) is 18.2 Å². The average Bonchev–Trinajstić information content (AvgIpc) is 2.24. The normalized spacial score (nSPS) is 24.2. The van der Waals surface area contributed by atoms with Gasteiger partial charge < -0.3 is 9.84 Å². The summed E-state index contributed by atoms with van der Waals surface area (Å²) < 4.78 is 5.63. The molecule has 0 amide bonds. The third-order valence-electron chi connectivity index (χ3n) is 2.93. The maximum atomic E-state index is 9.02. The Morgan fingerprint density at radius 1 is 1.36 bits per heavy atom. The molecular weight excluding hydrogens is 176 g/mol. The molecule has 0 aliphatic heterocycles. The third-order valence-corrected chi connectivity index (χ3v) is 2.93. The van der Waals surface area contributed by atoms with Crippen molar-refractivity contribution in [3.05, 3.63) is 34.9 Å². The summed E-state index contributed by atoms with van der Waals surface area (Å²) in [5, 5.41) is 9.02. The largest absolute Gasteiger partial charge is 0.392 e. The average molecular weight is 192 g/mol. The van der Waals surface area contributed by atoms with Crippen LogP contribution in [0.5, 0.6) is 0 Å². The summed E-state index contributed by atoms with van der Waals surface area (Å²) in [6.07, 6.45) is 0.237. The second kappa shape index (κ2) is 3.71. The van der Waals surface area contributed by atoms with Gasteiger partial charge in [-0.05, 0) is 23.6 Å². The van der Waals surface area contributed by atoms with Crippen LogP contribution in [0, 0.1) is 0 Å². The molecule has 76 valence electrons. The minimum Gasteiger partial charge on any atom is -0.392 e. The predicted molar refractivity (Wildman–Crippen MR) is 55.1 cm³/mol. The molecule has 1 aromatic carbocycles. The summed E-state index contributed by atoms with van der Waals surface area (Å²) in [7, 11) is 0. The van der Waals surface area contributed by atoms with E-state index in [2.05, 4.69) is 19.1 Å². The van der Waals surface area contributed by atoms with Gasteiger partial charge in [0, 0.05) is 12.5 Å². The first-order valence-corrected chi connectivity index (χ1v) is 5.13. The van der Waals surface area contributed by atoms with E-state index in [1.807, 2.05) is 13.0 Å². The molecule has 0 unspecified atom stereocenters. The molecule has 1 aliphatic rings. The number of aliphatic hydroxyl groups is 1. The van der Waals surface area contributed by atoms with E-state index in [4.69, 9.17) is 9.84 Å². The van der Waals surface area contributed by atoms with Gasteiger partial charge in [0.1, 0.15) is 0 Å². The van der Waals surface area contributed by atoms with E-state index in [1.165, 1.54) is 11.1 Å². The van der Waals surface area contributed by atoms with Crippen molar-refractivity contribution in [3.8, 4) is 0 Å². The predicted octanol–water partition coefficient (Wildman–Crippen LogP) is 2.37. The monoisotopic (exact) mass is 192 g/mol. The van der Waals surface area contributed by atoms with Crippen molar-refractivity contribution in [1.82, 2.24) is 0 Å². The van der Waals surface area contributed by atoms with Crippen molar-refractivity contribution in [2.24, 2.45) is 0 Å². The minimum atomic E-state index is 0.112. The van der Waals surface area contributed by atoms with Crippen LogP contribution in [-0.4, -0.2) is 11.7 Å². The molecule has 0 bridgehead atoms. The molecule has 0 saturated heterocycles. The highest BCUT2D eigenvalue weighted by atomic mass is 16.5. The van der Waals surface area contributed by atoms with Gasteiger partial charge in [0.25, 0.3) is 0 Å². The van der Waals surface area contributed by atoms with Gasteiger partial charge in [-0.1, -0.05) is 25.1 Å². The summed E-state index contributed by atoms with van der Waals surface area (Å²) in [6, 6.07) is 6.13. The van der Waals surface area contributed by atoms with E-state index in [0.29, 0.717) is 5.92 Å². The van der Waals surface area contributed by atoms with Crippen molar-refractivity contribution < 1.29 is 9.84 Å². The number of rotatable bonds is 3. The fourth-order valence-corrected chi connectivity index (χ4v) is 2.13. The zero-order valence-corrected chi connectivity index (χ0v) is 8.66. The quantitative estimate of drug-likeness (QED) is 0.796. The lowest BCUT2D eigenvalue weighted by molar-refractivity contribution is 0.0262. The molecule has 0 saturated carbocycles. The van der Waals surface area contributed by atoms with E-state index < -0.39 is 0 Å². The van der Waals surface area contributed by atoms with Crippen molar-refractivity contribution in [3.63, 3.8) is 0 Å². The van der Waals surface area contributed by atoms with Crippen LogP contribution in [-0.2, 0) is 11.3 Å². The van der Waals surface area contributed by atoms with Gasteiger partial charge in [-0.15, -0.1) is 0 Å². The maximum Gasteiger partial charge on any atom is 0.0893 e. The second-order valence-electron chi connectivity index (χ2n) is 3.79. The molecule has 1 N–H and O–H groups in total. The summed E-state index contributed by atoms with van der Waals surface area (Å²) in [5.74, 6) is 0.498. The smallest absolute Gasteiger partial charge is 0.0893 e. The number of hydrogen-bond acceptors (Lipinski definition) is 2. The van der Waals surface area contributed by atoms with Gasteiger partial charge in [0.05, 0.1) is 12.7 Å². The number of aliphatic hydroxyl groups excluding tert-OH is 1. The van der Waals surface area contributed by atoms with Crippen molar-refractivity contribution in [2.45, 2.75) is 32.5 Å². The summed E-state index contributed by atoms with van der Waals surface area (Å²) in [5.41, 5.74) is 3.59. The van der Waals surface area contributed by atoms with Gasteiger partial charge in [-0.3, -0.25) is 0 Å². The van der Waals surface area contributed by atoms with Crippen LogP contribution in [0.2, 0.25) is 0 Å². The Morgan fingerprint density at radius 3 is 2.79 bits per heavy atom. The van der Waals surface area contributed by atoms with Crippen LogP contribution >= 0.6 is 0 Å². The second-order valence-corrected chi connectivity index (χ2v) is 3.79. The molecule has 0 fully saturated rings. The highest BCUT2D eigenvalue weighted by molar-refractivity contribution is 5.45. The maximum absolute atomic E-state index is 9.02. The van der Waals surface area contributed by atoms with E-state index >= 15 is 0 Å². The zero-order valence-electron chi connectivity index (χ0n) is 8.66. The van der Waals surface area contributed by atoms with Crippen LogP contribution in [0.3, 0.4) is 0 Å². The first-order chi connectivity index (χ1) is 6.77. The van der Waals surface area contributed by atoms with Crippen LogP contribution < -0.4 is 0 Å². The molecule has 1 aromatic rings. The van der Waals surface area contributed by atoms with Gasteiger partial charge in [0.2, 0.25) is 0 Å². The number of fused-ring (bicyclic) bond motifs is 1. The molecule has 14 heavy (non-hydrogen) atoms. The van der Waals surface area contributed by atoms with E-state index in [9.17, 15) is 0 Å². The number of benzene rings is 1. The Labute approximate surface area is 84.5 Å². The van der Waals surface area contributed by atoms with E-state index in [-0.39, 0.29) is 12.7 Å². The van der Waals surface area contributed by atoms with Crippen molar-refractivity contribution in [2.75, 3.05) is 6.61 Å². The summed E-state index contributed by atoms with van der Waals surface area (Å²) in [6.45, 7) is 5.06. The van der Waals surface area contributed by atoms with Gasteiger partial charge >= 0.3 is 0 Å². The highest BCUT2D eigenvalue weighted by Gasteiger charge is 2.34. The lowest BCUT2D eigenvalue weighted by Crippen LogP contribution is -2.24. The van der Waals surface area contributed by atoms with Crippen molar-refractivity contribution in [1.29, 1.82) is 0 Å². The molecule has 1 aliphatic carbocycles. The van der Waals surface area contributed by atoms with Crippen LogP contribution in [0.1, 0.15) is 42.6 Å². The lowest BCUT2D eigenvalue weighted by Gasteiger charge is -2.37. The first kappa shape index (κ1) is 9.69. The number of hydrogen-bond donors (Lipinski definition) is 1. The summed E-state index contributed by atoms with van der Waals surface area (Å²) in [4.78, 5) is 0. The Morgan fingerprint density at radius 2 is 2.14 bits per heavy atom. The highest BCUT2D eigenvalue weighted by Crippen LogP contribution is 2.47. The van der Waals surface area contributed by atoms with Crippen LogP contribution in [0.4, 0.5) is 0 Å². The molecule has 2 atom stereocenters. The molecule has 0 spiro atoms. The van der Waals surface area contributed by atoms with Gasteiger partial charge in [-0.2, -0.15) is 0 Å². The third kappa shape index (κ3) is 1.35. The topological polar surface area (TPSA) is 29.5 Å². The molecular formula is C12H16O2. The standard InChI is InChI=1S/C12H16O2/c1-3-14-12-8(2)10-5-4-9(7-13)6-11(10)12/h4-6,8,12-13H,3,7H2,1-2H3/t8-,12+/m0/s1. The Kier molecular flexibility index (Phi) is 2.57. The summed E-state index contributed by atoms with van der Waals surface area (Å²) >= 11 is 0. The first-order valence-electron chi connectivity index (χ1n) is 5.13. The molecule has 0 radical (unpaired) electrons. The lowest BCUT2D eigenvalue weighted by atomic mass is 9.75. The van der Waals surface area contributed by atoms with Gasteiger partial charge in [0.15, 0.2) is 0 Å². The fraction of sp³-hybridized carbons (Fsp3) is 0.500. The zero-order chi connectivity index (χ0) is 10.1. The fourth-order valence-electron chi connectivity index (χ4n) is 2.13. The van der Waals surface area contributed by atoms with E-state index in [1.54, 1.807) is 0 Å². The molecule has 2 rings (SSSR count). The number of ether oxygens (including phenoxy) is 1. The Hall–Kier alpha value is -0.860. The minimum absolute atomic E-state index is 0.112.